The third-order valence-electron chi connectivity index (χ3n) is 6.78. The Bertz CT molecular complexity index is 1710. The van der Waals surface area contributed by atoms with Gasteiger partial charge in [0.1, 0.15) is 17.9 Å². The number of anilines is 1. The second-order valence-corrected chi connectivity index (χ2v) is 9.01. The Kier molecular flexibility index (Phi) is 6.11. The largest absolute Gasteiger partial charge is 0.497 e. The number of carbonyl (C=O) groups is 1. The van der Waals surface area contributed by atoms with Gasteiger partial charge in [0.05, 0.1) is 37.8 Å². The van der Waals surface area contributed by atoms with E-state index in [1.54, 1.807) is 40.8 Å². The van der Waals surface area contributed by atoms with E-state index in [1.165, 1.54) is 13.4 Å². The summed E-state index contributed by atoms with van der Waals surface area (Å²) < 4.78 is 13.4. The summed E-state index contributed by atoms with van der Waals surface area (Å²) in [7, 11) is 2.92. The number of fused-ring (bicyclic) bond motifs is 1. The van der Waals surface area contributed by atoms with Crippen LogP contribution in [0.25, 0.3) is 28.1 Å². The van der Waals surface area contributed by atoms with Crippen LogP contribution in [-0.2, 0) is 11.2 Å². The number of aromatic nitrogens is 7. The van der Waals surface area contributed by atoms with Gasteiger partial charge in [-0.2, -0.15) is 4.68 Å². The number of pyridine rings is 1. The maximum Gasteiger partial charge on any atom is 0.411 e. The van der Waals surface area contributed by atoms with Gasteiger partial charge < -0.3 is 19.0 Å². The molecule has 0 radical (unpaired) electrons. The number of rotatable bonds is 6. The molecular weight excluding hydrogens is 500 g/mol. The Hall–Kier alpha value is -5.26. The summed E-state index contributed by atoms with van der Waals surface area (Å²) in [5.41, 5.74) is 5.43. The lowest BCUT2D eigenvalue weighted by molar-refractivity contribution is 0.187. The minimum absolute atomic E-state index is 0.119. The number of amides is 1. The molecule has 0 aliphatic carbocycles. The lowest BCUT2D eigenvalue weighted by Crippen LogP contribution is -2.23. The van der Waals surface area contributed by atoms with Gasteiger partial charge in [-0.05, 0) is 70.8 Å². The molecule has 0 saturated carbocycles. The molecule has 0 saturated heterocycles. The van der Waals surface area contributed by atoms with Crippen molar-refractivity contribution in [2.45, 2.75) is 18.9 Å². The van der Waals surface area contributed by atoms with Gasteiger partial charge in [0, 0.05) is 23.0 Å². The Morgan fingerprint density at radius 2 is 1.92 bits per heavy atom. The molecule has 2 N–H and O–H groups in total. The topological polar surface area (TPSA) is 142 Å². The van der Waals surface area contributed by atoms with Crippen molar-refractivity contribution in [1.82, 2.24) is 34.7 Å². The number of methoxy groups -OCH3 is 2. The number of carbonyl (C=O) groups excluding carboxylic acids is 1. The first-order valence-corrected chi connectivity index (χ1v) is 12.2. The molecule has 1 amide bonds. The minimum Gasteiger partial charge on any atom is -0.497 e. The maximum atomic E-state index is 13.5. The highest BCUT2D eigenvalue weighted by atomic mass is 16.5. The number of benzene rings is 2. The predicted molar refractivity (Wildman–Crippen MR) is 142 cm³/mol. The molecule has 0 unspecified atom stereocenters. The van der Waals surface area contributed by atoms with Gasteiger partial charge in [0.15, 0.2) is 0 Å². The van der Waals surface area contributed by atoms with Crippen LogP contribution in [-0.4, -0.2) is 55.1 Å². The first-order valence-electron chi connectivity index (χ1n) is 12.2. The SMILES string of the molecule is COC(=O)Nc1ccc(-c2cnc([C@@H]3CCc4cc(-c5cc(OC)ccc5-n5cnnn5)cc(=O)n43)[nH]2)cc1. The maximum absolute atomic E-state index is 13.5. The molecule has 0 bridgehead atoms. The quantitative estimate of drug-likeness (QED) is 0.343. The number of aromatic amines is 1. The summed E-state index contributed by atoms with van der Waals surface area (Å²) in [6.45, 7) is 0. The van der Waals surface area contributed by atoms with E-state index in [-0.39, 0.29) is 11.6 Å². The molecule has 12 nitrogen and oxygen atoms in total. The molecular formula is C27H24N8O4. The van der Waals surface area contributed by atoms with E-state index in [4.69, 9.17) is 4.74 Å². The molecule has 3 aromatic heterocycles. The first-order chi connectivity index (χ1) is 19.0. The fourth-order valence-electron chi connectivity index (χ4n) is 4.91. The summed E-state index contributed by atoms with van der Waals surface area (Å²) in [5.74, 6) is 1.38. The standard InChI is InChI=1S/C27H24N8O4/c1-38-20-8-10-23(34-15-29-32-33-34)21(13-20)17-11-19-7-9-24(35(19)25(36)12-17)26-28-14-22(31-26)16-3-5-18(6-4-16)30-27(37)39-2/h3-6,8,10-15,24H,7,9H2,1-2H3,(H,28,31)(H,30,37)/t24-/m0/s1. The van der Waals surface area contributed by atoms with Crippen molar-refractivity contribution in [2.24, 2.45) is 0 Å². The molecule has 4 heterocycles. The third kappa shape index (κ3) is 4.52. The van der Waals surface area contributed by atoms with Crippen LogP contribution in [0.3, 0.4) is 0 Å². The van der Waals surface area contributed by atoms with E-state index in [0.29, 0.717) is 17.3 Å². The highest BCUT2D eigenvalue weighted by Crippen LogP contribution is 2.34. The molecule has 39 heavy (non-hydrogen) atoms. The van der Waals surface area contributed by atoms with Crippen LogP contribution in [0.2, 0.25) is 0 Å². The predicted octanol–water partition coefficient (Wildman–Crippen LogP) is 3.60. The monoisotopic (exact) mass is 524 g/mol. The van der Waals surface area contributed by atoms with E-state index in [1.807, 2.05) is 36.4 Å². The van der Waals surface area contributed by atoms with E-state index in [0.717, 1.165) is 46.6 Å². The number of nitrogens with zero attached hydrogens (tertiary/aromatic N) is 6. The lowest BCUT2D eigenvalue weighted by atomic mass is 10.0. The van der Waals surface area contributed by atoms with Crippen LogP contribution >= 0.6 is 0 Å². The lowest BCUT2D eigenvalue weighted by Gasteiger charge is -2.15. The van der Waals surface area contributed by atoms with Gasteiger partial charge in [0.2, 0.25) is 0 Å². The summed E-state index contributed by atoms with van der Waals surface area (Å²) in [4.78, 5) is 32.9. The second kappa shape index (κ2) is 9.89. The van der Waals surface area contributed by atoms with Crippen LogP contribution < -0.4 is 15.6 Å². The van der Waals surface area contributed by atoms with E-state index in [2.05, 4.69) is 35.5 Å². The van der Waals surface area contributed by atoms with Crippen molar-refractivity contribution in [3.05, 3.63) is 89.0 Å². The smallest absolute Gasteiger partial charge is 0.411 e. The molecule has 12 heteroatoms. The molecule has 5 aromatic rings. The van der Waals surface area contributed by atoms with Crippen LogP contribution in [0.1, 0.15) is 24.0 Å². The third-order valence-corrected chi connectivity index (χ3v) is 6.78. The van der Waals surface area contributed by atoms with E-state index < -0.39 is 6.09 Å². The average Bonchev–Trinajstić information content (AvgIpc) is 3.74. The Labute approximate surface area is 222 Å². The highest BCUT2D eigenvalue weighted by Gasteiger charge is 2.28. The number of hydrogen-bond acceptors (Lipinski definition) is 8. The second-order valence-electron chi connectivity index (χ2n) is 9.01. The van der Waals surface area contributed by atoms with Crippen molar-refractivity contribution in [3.8, 4) is 33.8 Å². The van der Waals surface area contributed by atoms with Crippen LogP contribution in [0.15, 0.2) is 71.9 Å². The summed E-state index contributed by atoms with van der Waals surface area (Å²) in [5, 5.41) is 14.1. The zero-order chi connectivity index (χ0) is 26.9. The van der Waals surface area contributed by atoms with Crippen molar-refractivity contribution in [2.75, 3.05) is 19.5 Å². The van der Waals surface area contributed by atoms with Crippen molar-refractivity contribution >= 4 is 11.8 Å². The van der Waals surface area contributed by atoms with Crippen molar-refractivity contribution in [3.63, 3.8) is 0 Å². The number of tetrazole rings is 1. The summed E-state index contributed by atoms with van der Waals surface area (Å²) >= 11 is 0. The molecule has 2 aromatic carbocycles. The van der Waals surface area contributed by atoms with Gasteiger partial charge in [-0.25, -0.2) is 9.78 Å². The Morgan fingerprint density at radius 1 is 1.08 bits per heavy atom. The van der Waals surface area contributed by atoms with Crippen LogP contribution in [0.5, 0.6) is 5.75 Å². The summed E-state index contributed by atoms with van der Waals surface area (Å²) in [6, 6.07) is 16.3. The fraction of sp³-hybridized carbons (Fsp3) is 0.185. The van der Waals surface area contributed by atoms with Gasteiger partial charge in [-0.15, -0.1) is 5.10 Å². The number of imidazole rings is 1. The molecule has 0 fully saturated rings. The highest BCUT2D eigenvalue weighted by molar-refractivity contribution is 5.84. The summed E-state index contributed by atoms with van der Waals surface area (Å²) in [6.07, 6.45) is 4.20. The van der Waals surface area contributed by atoms with Crippen molar-refractivity contribution in [1.29, 1.82) is 0 Å². The van der Waals surface area contributed by atoms with Gasteiger partial charge in [-0.1, -0.05) is 12.1 Å². The first kappa shape index (κ1) is 24.1. The van der Waals surface area contributed by atoms with Crippen LogP contribution in [0.4, 0.5) is 10.5 Å². The minimum atomic E-state index is -0.530. The number of hydrogen-bond donors (Lipinski definition) is 2. The molecule has 1 atom stereocenters. The number of ether oxygens (including phenoxy) is 2. The zero-order valence-corrected chi connectivity index (χ0v) is 21.2. The van der Waals surface area contributed by atoms with Crippen LogP contribution in [0, 0.1) is 0 Å². The average molecular weight is 525 g/mol. The number of H-pyrrole nitrogens is 1. The van der Waals surface area contributed by atoms with E-state index >= 15 is 0 Å². The fourth-order valence-corrected chi connectivity index (χ4v) is 4.91. The van der Waals surface area contributed by atoms with Gasteiger partial charge >= 0.3 is 6.09 Å². The van der Waals surface area contributed by atoms with E-state index in [9.17, 15) is 9.59 Å². The molecule has 0 spiro atoms. The zero-order valence-electron chi connectivity index (χ0n) is 21.2. The molecule has 196 valence electrons. The molecule has 1 aliphatic rings. The Balaban J connectivity index is 1.31. The molecule has 1 aliphatic heterocycles. The Morgan fingerprint density at radius 3 is 2.67 bits per heavy atom. The normalized spacial score (nSPS) is 14.2. The van der Waals surface area contributed by atoms with Gasteiger partial charge in [0.25, 0.3) is 5.56 Å². The molecule has 6 rings (SSSR count). The number of nitrogens with one attached hydrogen (secondary N) is 2. The van der Waals surface area contributed by atoms with Gasteiger partial charge in [-0.3, -0.25) is 10.1 Å². The van der Waals surface area contributed by atoms with Crippen molar-refractivity contribution < 1.29 is 14.3 Å². The number of aryl methyl sites for hydroxylation is 1.